The summed E-state index contributed by atoms with van der Waals surface area (Å²) in [6.07, 6.45) is 2.62. The lowest BCUT2D eigenvalue weighted by Crippen LogP contribution is -2.04. The number of nitrogens with two attached hydrogens (primary N) is 1. The van der Waals surface area contributed by atoms with Crippen molar-refractivity contribution in [1.29, 1.82) is 0 Å². The van der Waals surface area contributed by atoms with Crippen molar-refractivity contribution >= 4 is 10.9 Å². The van der Waals surface area contributed by atoms with Crippen LogP contribution in [-0.2, 0) is 7.05 Å². The molecule has 1 aliphatic carbocycles. The summed E-state index contributed by atoms with van der Waals surface area (Å²) in [7, 11) is 2.04. The Morgan fingerprint density at radius 2 is 2.19 bits per heavy atom. The normalized spacial score (nSPS) is 17.9. The van der Waals surface area contributed by atoms with Crippen LogP contribution < -0.4 is 5.73 Å². The predicted octanol–water partition coefficient (Wildman–Crippen LogP) is 2.47. The van der Waals surface area contributed by atoms with Gasteiger partial charge >= 0.3 is 0 Å². The van der Waals surface area contributed by atoms with Gasteiger partial charge in [-0.05, 0) is 31.4 Å². The Kier molecular flexibility index (Phi) is 2.04. The summed E-state index contributed by atoms with van der Waals surface area (Å²) in [6, 6.07) is 6.50. The van der Waals surface area contributed by atoms with Crippen LogP contribution in [0.1, 0.15) is 43.0 Å². The second kappa shape index (κ2) is 3.32. The molecule has 1 atom stereocenters. The van der Waals surface area contributed by atoms with Crippen LogP contribution in [0.2, 0.25) is 0 Å². The van der Waals surface area contributed by atoms with E-state index in [0.717, 1.165) is 17.0 Å². The van der Waals surface area contributed by atoms with Gasteiger partial charge in [0.15, 0.2) is 0 Å². The van der Waals surface area contributed by atoms with Gasteiger partial charge in [0.25, 0.3) is 0 Å². The Morgan fingerprint density at radius 1 is 1.44 bits per heavy atom. The molecule has 1 aliphatic rings. The first-order valence-electron chi connectivity index (χ1n) is 5.89. The van der Waals surface area contributed by atoms with E-state index < -0.39 is 0 Å². The molecule has 0 radical (unpaired) electrons. The number of hydrogen-bond donors (Lipinski definition) is 1. The summed E-state index contributed by atoms with van der Waals surface area (Å²) < 4.78 is 2.04. The van der Waals surface area contributed by atoms with Crippen LogP contribution in [0.4, 0.5) is 0 Å². The lowest BCUT2D eigenvalue weighted by Gasteiger charge is -2.04. The molecule has 1 heterocycles. The fourth-order valence-corrected chi connectivity index (χ4v) is 2.36. The molecule has 0 amide bonds. The van der Waals surface area contributed by atoms with Gasteiger partial charge in [-0.15, -0.1) is 0 Å². The van der Waals surface area contributed by atoms with Gasteiger partial charge in [-0.2, -0.15) is 5.10 Å². The molecule has 2 N–H and O–H groups in total. The standard InChI is InChI=1S/C13H17N3/c1-8(14)10-5-6-11-12(7-10)15-16(2)13(11)9-3-4-9/h5-9H,3-4,14H2,1-2H3. The molecule has 1 unspecified atom stereocenters. The highest BCUT2D eigenvalue weighted by atomic mass is 15.3. The van der Waals surface area contributed by atoms with Gasteiger partial charge in [0.05, 0.1) is 5.52 Å². The number of fused-ring (bicyclic) bond motifs is 1. The zero-order chi connectivity index (χ0) is 11.3. The van der Waals surface area contributed by atoms with E-state index in [1.54, 1.807) is 0 Å². The average molecular weight is 215 g/mol. The molecule has 2 aromatic rings. The SMILES string of the molecule is CC(N)c1ccc2c(C3CC3)n(C)nc2c1. The van der Waals surface area contributed by atoms with Crippen LogP contribution in [0.5, 0.6) is 0 Å². The van der Waals surface area contributed by atoms with E-state index in [1.165, 1.54) is 23.9 Å². The fraction of sp³-hybridized carbons (Fsp3) is 0.462. The van der Waals surface area contributed by atoms with E-state index in [2.05, 4.69) is 23.3 Å². The van der Waals surface area contributed by atoms with E-state index >= 15 is 0 Å². The molecular weight excluding hydrogens is 198 g/mol. The maximum atomic E-state index is 5.89. The Balaban J connectivity index is 2.19. The van der Waals surface area contributed by atoms with Crippen molar-refractivity contribution in [2.75, 3.05) is 0 Å². The summed E-state index contributed by atoms with van der Waals surface area (Å²) >= 11 is 0. The van der Waals surface area contributed by atoms with Gasteiger partial charge in [-0.3, -0.25) is 4.68 Å². The zero-order valence-corrected chi connectivity index (χ0v) is 9.77. The summed E-state index contributed by atoms with van der Waals surface area (Å²) in [4.78, 5) is 0. The van der Waals surface area contributed by atoms with Gasteiger partial charge < -0.3 is 5.73 Å². The molecule has 0 saturated heterocycles. The van der Waals surface area contributed by atoms with E-state index in [9.17, 15) is 0 Å². The number of rotatable bonds is 2. The maximum absolute atomic E-state index is 5.89. The Morgan fingerprint density at radius 3 is 2.81 bits per heavy atom. The first-order valence-corrected chi connectivity index (χ1v) is 5.89. The minimum atomic E-state index is 0.0794. The minimum Gasteiger partial charge on any atom is -0.324 e. The number of aromatic nitrogens is 2. The molecule has 1 fully saturated rings. The maximum Gasteiger partial charge on any atom is 0.0929 e. The highest BCUT2D eigenvalue weighted by molar-refractivity contribution is 5.83. The minimum absolute atomic E-state index is 0.0794. The first-order chi connectivity index (χ1) is 7.66. The first kappa shape index (κ1) is 9.85. The molecule has 3 heteroatoms. The average Bonchev–Trinajstić information content (AvgIpc) is 3.00. The Labute approximate surface area is 95.2 Å². The molecular formula is C13H17N3. The highest BCUT2D eigenvalue weighted by Crippen LogP contribution is 2.43. The Bertz CT molecular complexity index is 535. The molecule has 16 heavy (non-hydrogen) atoms. The van der Waals surface area contributed by atoms with Crippen LogP contribution in [0, 0.1) is 0 Å². The molecule has 1 aromatic heterocycles. The van der Waals surface area contributed by atoms with E-state index in [4.69, 9.17) is 5.73 Å². The molecule has 84 valence electrons. The van der Waals surface area contributed by atoms with Crippen molar-refractivity contribution in [2.24, 2.45) is 12.8 Å². The van der Waals surface area contributed by atoms with E-state index in [0.29, 0.717) is 0 Å². The molecule has 0 aliphatic heterocycles. The Hall–Kier alpha value is -1.35. The van der Waals surface area contributed by atoms with Gasteiger partial charge in [-0.1, -0.05) is 12.1 Å². The lowest BCUT2D eigenvalue weighted by atomic mass is 10.1. The van der Waals surface area contributed by atoms with E-state index in [-0.39, 0.29) is 6.04 Å². The van der Waals surface area contributed by atoms with Crippen LogP contribution in [0.15, 0.2) is 18.2 Å². The molecule has 0 bridgehead atoms. The lowest BCUT2D eigenvalue weighted by molar-refractivity contribution is 0.723. The smallest absolute Gasteiger partial charge is 0.0929 e. The second-order valence-corrected chi connectivity index (χ2v) is 4.85. The van der Waals surface area contributed by atoms with Crippen LogP contribution in [-0.4, -0.2) is 9.78 Å². The third-order valence-corrected chi connectivity index (χ3v) is 3.39. The second-order valence-electron chi connectivity index (χ2n) is 4.85. The number of hydrogen-bond acceptors (Lipinski definition) is 2. The van der Waals surface area contributed by atoms with Gasteiger partial charge in [0.2, 0.25) is 0 Å². The third kappa shape index (κ3) is 1.43. The predicted molar refractivity (Wildman–Crippen MR) is 65.3 cm³/mol. The highest BCUT2D eigenvalue weighted by Gasteiger charge is 2.28. The number of aryl methyl sites for hydroxylation is 1. The quantitative estimate of drug-likeness (QED) is 0.836. The number of benzene rings is 1. The van der Waals surface area contributed by atoms with Crippen molar-refractivity contribution in [3.8, 4) is 0 Å². The summed E-state index contributed by atoms with van der Waals surface area (Å²) in [5.41, 5.74) is 9.52. The van der Waals surface area contributed by atoms with Crippen molar-refractivity contribution in [2.45, 2.75) is 31.7 Å². The van der Waals surface area contributed by atoms with E-state index in [1.807, 2.05) is 18.7 Å². The van der Waals surface area contributed by atoms with Gasteiger partial charge in [0, 0.05) is 30.1 Å². The summed E-state index contributed by atoms with van der Waals surface area (Å²) in [5, 5.41) is 5.88. The third-order valence-electron chi connectivity index (χ3n) is 3.39. The van der Waals surface area contributed by atoms with Gasteiger partial charge in [-0.25, -0.2) is 0 Å². The van der Waals surface area contributed by atoms with Gasteiger partial charge in [0.1, 0.15) is 0 Å². The van der Waals surface area contributed by atoms with Crippen LogP contribution >= 0.6 is 0 Å². The van der Waals surface area contributed by atoms with Crippen molar-refractivity contribution in [1.82, 2.24) is 9.78 Å². The summed E-state index contributed by atoms with van der Waals surface area (Å²) in [5.74, 6) is 0.733. The van der Waals surface area contributed by atoms with Crippen molar-refractivity contribution < 1.29 is 0 Å². The van der Waals surface area contributed by atoms with Crippen molar-refractivity contribution in [3.05, 3.63) is 29.5 Å². The monoisotopic (exact) mass is 215 g/mol. The topological polar surface area (TPSA) is 43.8 Å². The molecule has 0 spiro atoms. The molecule has 3 nitrogen and oxygen atoms in total. The number of nitrogens with zero attached hydrogens (tertiary/aromatic N) is 2. The van der Waals surface area contributed by atoms with Crippen LogP contribution in [0.3, 0.4) is 0 Å². The molecule has 1 saturated carbocycles. The largest absolute Gasteiger partial charge is 0.324 e. The zero-order valence-electron chi connectivity index (χ0n) is 9.77. The molecule has 1 aromatic carbocycles. The summed E-state index contributed by atoms with van der Waals surface area (Å²) in [6.45, 7) is 2.01. The van der Waals surface area contributed by atoms with Crippen LogP contribution in [0.25, 0.3) is 10.9 Å². The van der Waals surface area contributed by atoms with Crippen molar-refractivity contribution in [3.63, 3.8) is 0 Å². The molecule has 3 rings (SSSR count). The fourth-order valence-electron chi connectivity index (χ4n) is 2.36.